The van der Waals surface area contributed by atoms with Gasteiger partial charge in [0.2, 0.25) is 5.91 Å². The maximum Gasteiger partial charge on any atom is 0.236 e. The van der Waals surface area contributed by atoms with Crippen molar-refractivity contribution in [1.82, 2.24) is 10.2 Å². The summed E-state index contributed by atoms with van der Waals surface area (Å²) in [4.78, 5) is 14.2. The standard InChI is InChI=1S/C16H25N3O/c1-2-13(14-6-4-3-5-7-14)12-19-9-8-15(10-17)18-11-16(19)20/h3-7,13,15,18H,2,8-12,17H2,1H3/t13-,15+/m1/s1. The highest BCUT2D eigenvalue weighted by Gasteiger charge is 2.23. The number of rotatable bonds is 5. The fourth-order valence-corrected chi connectivity index (χ4v) is 2.74. The van der Waals surface area contributed by atoms with E-state index in [4.69, 9.17) is 5.73 Å². The van der Waals surface area contributed by atoms with Crippen LogP contribution < -0.4 is 11.1 Å². The molecule has 4 nitrogen and oxygen atoms in total. The van der Waals surface area contributed by atoms with E-state index in [1.54, 1.807) is 0 Å². The van der Waals surface area contributed by atoms with Gasteiger partial charge in [-0.15, -0.1) is 0 Å². The molecule has 0 spiro atoms. The number of nitrogens with one attached hydrogen (secondary N) is 1. The number of nitrogens with two attached hydrogens (primary N) is 1. The molecule has 1 aromatic rings. The third-order valence-corrected chi connectivity index (χ3v) is 4.13. The molecule has 4 heteroatoms. The summed E-state index contributed by atoms with van der Waals surface area (Å²) in [5.41, 5.74) is 7.00. The predicted molar refractivity (Wildman–Crippen MR) is 81.5 cm³/mol. The first kappa shape index (κ1) is 15.0. The molecule has 0 unspecified atom stereocenters. The van der Waals surface area contributed by atoms with Crippen molar-refractivity contribution >= 4 is 5.91 Å². The van der Waals surface area contributed by atoms with E-state index in [0.717, 1.165) is 25.9 Å². The molecule has 1 fully saturated rings. The molecule has 0 aliphatic carbocycles. The van der Waals surface area contributed by atoms with Crippen LogP contribution in [0.5, 0.6) is 0 Å². The van der Waals surface area contributed by atoms with Crippen molar-refractivity contribution in [2.45, 2.75) is 31.7 Å². The van der Waals surface area contributed by atoms with Gasteiger partial charge in [0.1, 0.15) is 0 Å². The van der Waals surface area contributed by atoms with E-state index >= 15 is 0 Å². The van der Waals surface area contributed by atoms with Crippen LogP contribution >= 0.6 is 0 Å². The minimum Gasteiger partial charge on any atom is -0.341 e. The molecular formula is C16H25N3O. The van der Waals surface area contributed by atoms with E-state index in [1.165, 1.54) is 5.56 Å². The first-order chi connectivity index (χ1) is 9.74. The van der Waals surface area contributed by atoms with Gasteiger partial charge in [0.25, 0.3) is 0 Å². The maximum absolute atomic E-state index is 12.2. The van der Waals surface area contributed by atoms with Crippen LogP contribution in [0, 0.1) is 0 Å². The van der Waals surface area contributed by atoms with E-state index in [2.05, 4.69) is 36.5 Å². The van der Waals surface area contributed by atoms with Gasteiger partial charge in [0.15, 0.2) is 0 Å². The highest BCUT2D eigenvalue weighted by atomic mass is 16.2. The average molecular weight is 275 g/mol. The second-order valence-electron chi connectivity index (χ2n) is 5.46. The molecule has 1 aliphatic heterocycles. The SMILES string of the molecule is CC[C@H](CN1CC[C@@H](CN)NCC1=O)c1ccccc1. The summed E-state index contributed by atoms with van der Waals surface area (Å²) < 4.78 is 0. The number of nitrogens with zero attached hydrogens (tertiary/aromatic N) is 1. The molecule has 1 aromatic carbocycles. The molecule has 3 N–H and O–H groups in total. The van der Waals surface area contributed by atoms with Gasteiger partial charge in [-0.25, -0.2) is 0 Å². The molecule has 1 saturated heterocycles. The Morgan fingerprint density at radius 1 is 1.40 bits per heavy atom. The molecule has 1 amide bonds. The average Bonchev–Trinajstić information content (AvgIpc) is 2.67. The van der Waals surface area contributed by atoms with Crippen LogP contribution in [0.1, 0.15) is 31.2 Å². The fraction of sp³-hybridized carbons (Fsp3) is 0.562. The molecule has 110 valence electrons. The molecule has 2 rings (SSSR count). The van der Waals surface area contributed by atoms with Gasteiger partial charge in [-0.2, -0.15) is 0 Å². The van der Waals surface area contributed by atoms with E-state index in [9.17, 15) is 4.79 Å². The van der Waals surface area contributed by atoms with Crippen LogP contribution in [0.25, 0.3) is 0 Å². The smallest absolute Gasteiger partial charge is 0.236 e. The van der Waals surface area contributed by atoms with Crippen LogP contribution in [0.15, 0.2) is 30.3 Å². The summed E-state index contributed by atoms with van der Waals surface area (Å²) in [6.45, 7) is 4.79. The lowest BCUT2D eigenvalue weighted by atomic mass is 9.96. The molecule has 0 saturated carbocycles. The zero-order valence-corrected chi connectivity index (χ0v) is 12.2. The maximum atomic E-state index is 12.2. The zero-order chi connectivity index (χ0) is 14.4. The van der Waals surface area contributed by atoms with Gasteiger partial charge in [-0.05, 0) is 18.4 Å². The van der Waals surface area contributed by atoms with Gasteiger partial charge in [0.05, 0.1) is 6.54 Å². The van der Waals surface area contributed by atoms with Crippen LogP contribution in [-0.2, 0) is 4.79 Å². The van der Waals surface area contributed by atoms with E-state index in [0.29, 0.717) is 19.0 Å². The lowest BCUT2D eigenvalue weighted by molar-refractivity contribution is -0.129. The number of amides is 1. The monoisotopic (exact) mass is 275 g/mol. The Kier molecular flexibility index (Phi) is 5.56. The first-order valence-corrected chi connectivity index (χ1v) is 7.50. The zero-order valence-electron chi connectivity index (χ0n) is 12.2. The van der Waals surface area contributed by atoms with E-state index in [-0.39, 0.29) is 11.9 Å². The first-order valence-electron chi connectivity index (χ1n) is 7.50. The summed E-state index contributed by atoms with van der Waals surface area (Å²) in [5, 5.41) is 3.23. The Labute approximate surface area is 121 Å². The Morgan fingerprint density at radius 2 is 2.15 bits per heavy atom. The van der Waals surface area contributed by atoms with Gasteiger partial charge in [0, 0.05) is 31.6 Å². The molecule has 1 heterocycles. The number of benzene rings is 1. The quantitative estimate of drug-likeness (QED) is 0.852. The molecule has 0 aromatic heterocycles. The van der Waals surface area contributed by atoms with Gasteiger partial charge in [-0.3, -0.25) is 4.79 Å². The number of carbonyl (C=O) groups excluding carboxylic acids is 1. The summed E-state index contributed by atoms with van der Waals surface area (Å²) in [6.07, 6.45) is 1.98. The highest BCUT2D eigenvalue weighted by Crippen LogP contribution is 2.21. The Morgan fingerprint density at radius 3 is 2.80 bits per heavy atom. The number of carbonyl (C=O) groups is 1. The topological polar surface area (TPSA) is 58.4 Å². The largest absolute Gasteiger partial charge is 0.341 e. The summed E-state index contributed by atoms with van der Waals surface area (Å²) in [7, 11) is 0. The minimum atomic E-state index is 0.190. The van der Waals surface area contributed by atoms with Crippen LogP contribution in [0.3, 0.4) is 0 Å². The highest BCUT2D eigenvalue weighted by molar-refractivity contribution is 5.78. The predicted octanol–water partition coefficient (Wildman–Crippen LogP) is 1.33. The van der Waals surface area contributed by atoms with Crippen LogP contribution in [-0.4, -0.2) is 43.0 Å². The molecule has 0 bridgehead atoms. The number of hydrogen-bond donors (Lipinski definition) is 2. The molecule has 0 radical (unpaired) electrons. The molecular weight excluding hydrogens is 250 g/mol. The lowest BCUT2D eigenvalue weighted by Crippen LogP contribution is -2.39. The van der Waals surface area contributed by atoms with Crippen molar-refractivity contribution in [3.05, 3.63) is 35.9 Å². The van der Waals surface area contributed by atoms with Crippen LogP contribution in [0.2, 0.25) is 0 Å². The molecule has 1 aliphatic rings. The summed E-state index contributed by atoms with van der Waals surface area (Å²) in [6, 6.07) is 10.7. The van der Waals surface area contributed by atoms with Crippen molar-refractivity contribution in [3.63, 3.8) is 0 Å². The van der Waals surface area contributed by atoms with Crippen molar-refractivity contribution in [2.24, 2.45) is 5.73 Å². The minimum absolute atomic E-state index is 0.190. The van der Waals surface area contributed by atoms with Crippen molar-refractivity contribution in [3.8, 4) is 0 Å². The lowest BCUT2D eigenvalue weighted by Gasteiger charge is -2.26. The Balaban J connectivity index is 2.01. The summed E-state index contributed by atoms with van der Waals surface area (Å²) in [5.74, 6) is 0.602. The van der Waals surface area contributed by atoms with Crippen LogP contribution in [0.4, 0.5) is 0 Å². The normalized spacial score (nSPS) is 21.6. The number of hydrogen-bond acceptors (Lipinski definition) is 3. The van der Waals surface area contributed by atoms with Crippen molar-refractivity contribution < 1.29 is 4.79 Å². The van der Waals surface area contributed by atoms with Gasteiger partial charge < -0.3 is 16.0 Å². The Hall–Kier alpha value is -1.39. The van der Waals surface area contributed by atoms with E-state index < -0.39 is 0 Å². The third-order valence-electron chi connectivity index (χ3n) is 4.13. The van der Waals surface area contributed by atoms with Gasteiger partial charge in [-0.1, -0.05) is 37.3 Å². The second-order valence-corrected chi connectivity index (χ2v) is 5.46. The van der Waals surface area contributed by atoms with Crippen molar-refractivity contribution in [2.75, 3.05) is 26.2 Å². The third kappa shape index (κ3) is 3.81. The molecule has 20 heavy (non-hydrogen) atoms. The van der Waals surface area contributed by atoms with Crippen molar-refractivity contribution in [1.29, 1.82) is 0 Å². The van der Waals surface area contributed by atoms with Gasteiger partial charge >= 0.3 is 0 Å². The van der Waals surface area contributed by atoms with E-state index in [1.807, 2.05) is 11.0 Å². The second kappa shape index (κ2) is 7.41. The fourth-order valence-electron chi connectivity index (χ4n) is 2.74. The molecule has 2 atom stereocenters. The Bertz CT molecular complexity index is 421. The summed E-state index contributed by atoms with van der Waals surface area (Å²) >= 11 is 0.